The summed E-state index contributed by atoms with van der Waals surface area (Å²) in [4.78, 5) is 11.3. The fraction of sp³-hybridized carbons (Fsp3) is 0.364. The van der Waals surface area contributed by atoms with Crippen molar-refractivity contribution in [2.24, 2.45) is 5.73 Å². The molecule has 0 saturated carbocycles. The lowest BCUT2D eigenvalue weighted by Crippen LogP contribution is -2.14. The quantitative estimate of drug-likeness (QED) is 0.851. The summed E-state index contributed by atoms with van der Waals surface area (Å²) in [5.41, 5.74) is 5.27. The van der Waals surface area contributed by atoms with E-state index >= 15 is 0 Å². The van der Waals surface area contributed by atoms with Crippen LogP contribution < -0.4 is 10.5 Å². The Balaban J connectivity index is 3.22. The summed E-state index contributed by atoms with van der Waals surface area (Å²) in [6.07, 6.45) is 1.85. The van der Waals surface area contributed by atoms with Crippen molar-refractivity contribution in [1.29, 1.82) is 0 Å². The highest BCUT2D eigenvalue weighted by Gasteiger charge is 2.15. The third-order valence-corrected chi connectivity index (χ3v) is 3.22. The Morgan fingerprint density at radius 3 is 2.53 bits per heavy atom. The Bertz CT molecular complexity index is 522. The normalized spacial score (nSPS) is 11.2. The summed E-state index contributed by atoms with van der Waals surface area (Å²) >= 11 is 0. The van der Waals surface area contributed by atoms with Gasteiger partial charge in [0.05, 0.1) is 17.1 Å². The van der Waals surface area contributed by atoms with Crippen LogP contribution in [0.15, 0.2) is 23.1 Å². The molecule has 0 unspecified atom stereocenters. The van der Waals surface area contributed by atoms with Crippen LogP contribution in [0, 0.1) is 0 Å². The summed E-state index contributed by atoms with van der Waals surface area (Å²) in [5.74, 6) is -0.395. The van der Waals surface area contributed by atoms with Gasteiger partial charge in [-0.2, -0.15) is 0 Å². The van der Waals surface area contributed by atoms with Crippen molar-refractivity contribution >= 4 is 15.7 Å². The molecule has 0 fully saturated rings. The Hall–Kier alpha value is -1.56. The van der Waals surface area contributed by atoms with Crippen LogP contribution in [-0.4, -0.2) is 27.2 Å². The van der Waals surface area contributed by atoms with Gasteiger partial charge < -0.3 is 10.5 Å². The molecule has 0 heterocycles. The lowest BCUT2D eigenvalue weighted by Gasteiger charge is -2.09. The molecule has 2 N–H and O–H groups in total. The number of primary amides is 1. The summed E-state index contributed by atoms with van der Waals surface area (Å²) in [6, 6.07) is 4.08. The van der Waals surface area contributed by atoms with Crippen molar-refractivity contribution in [3.05, 3.63) is 23.8 Å². The van der Waals surface area contributed by atoms with Crippen LogP contribution in [0.3, 0.4) is 0 Å². The van der Waals surface area contributed by atoms with E-state index in [0.29, 0.717) is 12.4 Å². The maximum Gasteiger partial charge on any atom is 0.252 e. The molecule has 1 amide bonds. The molecule has 0 aliphatic heterocycles. The van der Waals surface area contributed by atoms with E-state index in [0.717, 1.165) is 12.7 Å². The molecule has 0 bridgehead atoms. The average Bonchev–Trinajstić information content (AvgIpc) is 2.24. The molecule has 0 spiro atoms. The van der Waals surface area contributed by atoms with E-state index in [1.807, 2.05) is 6.92 Å². The molecule has 0 aliphatic carbocycles. The number of rotatable bonds is 5. The fourth-order valence-electron chi connectivity index (χ4n) is 1.27. The summed E-state index contributed by atoms with van der Waals surface area (Å²) in [6.45, 7) is 2.37. The number of carbonyl (C=O) groups is 1. The molecule has 1 aromatic carbocycles. The van der Waals surface area contributed by atoms with Crippen molar-refractivity contribution in [1.82, 2.24) is 0 Å². The first-order valence-corrected chi connectivity index (χ1v) is 7.02. The van der Waals surface area contributed by atoms with Crippen LogP contribution in [0.25, 0.3) is 0 Å². The minimum absolute atomic E-state index is 0.0511. The first-order chi connectivity index (χ1) is 7.86. The van der Waals surface area contributed by atoms with Crippen molar-refractivity contribution in [3.8, 4) is 5.75 Å². The van der Waals surface area contributed by atoms with Gasteiger partial charge in [0, 0.05) is 6.26 Å². The lowest BCUT2D eigenvalue weighted by atomic mass is 10.2. The van der Waals surface area contributed by atoms with E-state index in [2.05, 4.69) is 0 Å². The fourth-order valence-corrected chi connectivity index (χ4v) is 1.92. The SMILES string of the molecule is CCCOc1ccc(S(C)(=O)=O)cc1C(N)=O. The molecule has 1 aromatic rings. The molecule has 0 aromatic heterocycles. The predicted octanol–water partition coefficient (Wildman–Crippen LogP) is 0.978. The number of sulfone groups is 1. The van der Waals surface area contributed by atoms with Gasteiger partial charge in [-0.25, -0.2) is 8.42 Å². The number of benzene rings is 1. The Morgan fingerprint density at radius 1 is 1.41 bits per heavy atom. The third-order valence-electron chi connectivity index (χ3n) is 2.11. The number of carbonyl (C=O) groups excluding carboxylic acids is 1. The highest BCUT2D eigenvalue weighted by Crippen LogP contribution is 2.22. The number of nitrogens with two attached hydrogens (primary N) is 1. The molecule has 0 radical (unpaired) electrons. The summed E-state index contributed by atoms with van der Waals surface area (Å²) < 4.78 is 28.0. The summed E-state index contributed by atoms with van der Waals surface area (Å²) in [5, 5.41) is 0. The minimum Gasteiger partial charge on any atom is -0.493 e. The second-order valence-electron chi connectivity index (χ2n) is 3.64. The third kappa shape index (κ3) is 3.45. The number of ether oxygens (including phenoxy) is 1. The lowest BCUT2D eigenvalue weighted by molar-refractivity contribution is 0.0996. The average molecular weight is 257 g/mol. The van der Waals surface area contributed by atoms with Gasteiger partial charge in [0.1, 0.15) is 5.75 Å². The Morgan fingerprint density at radius 2 is 2.06 bits per heavy atom. The van der Waals surface area contributed by atoms with Crippen LogP contribution in [0.4, 0.5) is 0 Å². The Kier molecular flexibility index (Phi) is 4.11. The van der Waals surface area contributed by atoms with Gasteiger partial charge in [-0.3, -0.25) is 4.79 Å². The molecule has 0 atom stereocenters. The van der Waals surface area contributed by atoms with E-state index in [1.165, 1.54) is 18.2 Å². The van der Waals surface area contributed by atoms with Crippen LogP contribution in [0.5, 0.6) is 5.75 Å². The number of hydrogen-bond acceptors (Lipinski definition) is 4. The van der Waals surface area contributed by atoms with E-state index in [1.54, 1.807) is 0 Å². The zero-order valence-corrected chi connectivity index (χ0v) is 10.6. The number of amides is 1. The van der Waals surface area contributed by atoms with Crippen molar-refractivity contribution < 1.29 is 17.9 Å². The minimum atomic E-state index is -3.36. The van der Waals surface area contributed by atoms with Crippen molar-refractivity contribution in [3.63, 3.8) is 0 Å². The predicted molar refractivity (Wildman–Crippen MR) is 63.9 cm³/mol. The zero-order chi connectivity index (χ0) is 13.1. The zero-order valence-electron chi connectivity index (χ0n) is 9.76. The number of hydrogen-bond donors (Lipinski definition) is 1. The van der Waals surface area contributed by atoms with Crippen molar-refractivity contribution in [2.75, 3.05) is 12.9 Å². The highest BCUT2D eigenvalue weighted by molar-refractivity contribution is 7.90. The van der Waals surface area contributed by atoms with Crippen LogP contribution in [0.2, 0.25) is 0 Å². The molecule has 5 nitrogen and oxygen atoms in total. The van der Waals surface area contributed by atoms with E-state index in [9.17, 15) is 13.2 Å². The first kappa shape index (κ1) is 13.5. The highest BCUT2D eigenvalue weighted by atomic mass is 32.2. The molecule has 17 heavy (non-hydrogen) atoms. The molecule has 1 rings (SSSR count). The topological polar surface area (TPSA) is 86.5 Å². The van der Waals surface area contributed by atoms with Gasteiger partial charge in [-0.1, -0.05) is 6.92 Å². The summed E-state index contributed by atoms with van der Waals surface area (Å²) in [7, 11) is -3.36. The van der Waals surface area contributed by atoms with Gasteiger partial charge in [0.25, 0.3) is 5.91 Å². The van der Waals surface area contributed by atoms with Crippen LogP contribution in [-0.2, 0) is 9.84 Å². The molecule has 0 saturated heterocycles. The van der Waals surface area contributed by atoms with Crippen molar-refractivity contribution in [2.45, 2.75) is 18.2 Å². The largest absolute Gasteiger partial charge is 0.493 e. The van der Waals surface area contributed by atoms with Crippen LogP contribution >= 0.6 is 0 Å². The Labute approximate surface area is 100 Å². The standard InChI is InChI=1S/C11H15NO4S/c1-3-6-16-10-5-4-8(17(2,14)15)7-9(10)11(12)13/h4-5,7H,3,6H2,1-2H3,(H2,12,13). The second-order valence-corrected chi connectivity index (χ2v) is 5.66. The monoisotopic (exact) mass is 257 g/mol. The van der Waals surface area contributed by atoms with Gasteiger partial charge in [0.2, 0.25) is 0 Å². The van der Waals surface area contributed by atoms with Gasteiger partial charge in [-0.15, -0.1) is 0 Å². The maximum atomic E-state index is 11.3. The molecular weight excluding hydrogens is 242 g/mol. The van der Waals surface area contributed by atoms with E-state index in [4.69, 9.17) is 10.5 Å². The molecule has 94 valence electrons. The van der Waals surface area contributed by atoms with E-state index in [-0.39, 0.29) is 10.5 Å². The van der Waals surface area contributed by atoms with Gasteiger partial charge in [-0.05, 0) is 24.6 Å². The van der Waals surface area contributed by atoms with Gasteiger partial charge in [0.15, 0.2) is 9.84 Å². The first-order valence-electron chi connectivity index (χ1n) is 5.13. The molecular formula is C11H15NO4S. The molecule has 0 aliphatic rings. The van der Waals surface area contributed by atoms with Crippen LogP contribution in [0.1, 0.15) is 23.7 Å². The van der Waals surface area contributed by atoms with Gasteiger partial charge >= 0.3 is 0 Å². The molecule has 6 heteroatoms. The smallest absolute Gasteiger partial charge is 0.252 e. The second kappa shape index (κ2) is 5.18. The van der Waals surface area contributed by atoms with E-state index < -0.39 is 15.7 Å². The maximum absolute atomic E-state index is 11.3.